The number of thioether (sulfide) groups is 1. The van der Waals surface area contributed by atoms with Crippen LogP contribution in [0, 0.1) is 0 Å². The van der Waals surface area contributed by atoms with Crippen molar-refractivity contribution in [1.29, 1.82) is 0 Å². The van der Waals surface area contributed by atoms with Gasteiger partial charge in [-0.1, -0.05) is 25.5 Å². The van der Waals surface area contributed by atoms with E-state index in [4.69, 9.17) is 5.73 Å². The van der Waals surface area contributed by atoms with Crippen LogP contribution in [-0.4, -0.2) is 17.1 Å². The molecule has 0 unspecified atom stereocenters. The third-order valence-corrected chi connectivity index (χ3v) is 3.82. The fourth-order valence-electron chi connectivity index (χ4n) is 2.07. The molecular weight excluding hydrogens is 282 g/mol. The van der Waals surface area contributed by atoms with E-state index in [2.05, 4.69) is 17.2 Å². The Hall–Kier alpha value is -2.01. The van der Waals surface area contributed by atoms with Crippen molar-refractivity contribution in [3.05, 3.63) is 47.7 Å². The Bertz CT molecular complexity index is 643. The first-order valence-corrected chi connectivity index (χ1v) is 8.07. The first kappa shape index (κ1) is 15.4. The van der Waals surface area contributed by atoms with Gasteiger partial charge in [0, 0.05) is 16.2 Å². The van der Waals surface area contributed by atoms with Gasteiger partial charge in [0.15, 0.2) is 0 Å². The largest absolute Gasteiger partial charge is 0.384 e. The quantitative estimate of drug-likeness (QED) is 0.828. The number of benzene rings is 1. The summed E-state index contributed by atoms with van der Waals surface area (Å²) < 4.78 is 0. The van der Waals surface area contributed by atoms with Crippen molar-refractivity contribution in [2.75, 3.05) is 17.3 Å². The number of hydrogen-bond acceptors (Lipinski definition) is 4. The minimum absolute atomic E-state index is 0.164. The Morgan fingerprint density at radius 3 is 2.81 bits per heavy atom. The number of nitrogens with one attached hydrogen (secondary N) is 1. The predicted molar refractivity (Wildman–Crippen MR) is 88.8 cm³/mol. The molecule has 0 bridgehead atoms. The second-order valence-electron chi connectivity index (χ2n) is 4.68. The number of nitrogens with two attached hydrogens (primary N) is 1. The van der Waals surface area contributed by atoms with Crippen molar-refractivity contribution in [2.45, 2.75) is 24.7 Å². The van der Waals surface area contributed by atoms with Crippen LogP contribution in [0.2, 0.25) is 0 Å². The van der Waals surface area contributed by atoms with Gasteiger partial charge in [0.1, 0.15) is 5.82 Å². The maximum Gasteiger partial charge on any atom is 0.255 e. The summed E-state index contributed by atoms with van der Waals surface area (Å²) in [5, 5.41) is 2.93. The van der Waals surface area contributed by atoms with Gasteiger partial charge in [0.05, 0.1) is 5.69 Å². The Labute approximate surface area is 129 Å². The van der Waals surface area contributed by atoms with Gasteiger partial charge in [-0.2, -0.15) is 0 Å². The van der Waals surface area contributed by atoms with Crippen molar-refractivity contribution in [3.8, 4) is 0 Å². The topological polar surface area (TPSA) is 68.0 Å². The average Bonchev–Trinajstić information content (AvgIpc) is 2.47. The molecule has 5 heteroatoms. The second-order valence-corrected chi connectivity index (χ2v) is 5.52. The number of hydrogen-bond donors (Lipinski definition) is 2. The van der Waals surface area contributed by atoms with E-state index in [1.54, 1.807) is 23.9 Å². The molecule has 0 atom stereocenters. The molecule has 1 heterocycles. The van der Waals surface area contributed by atoms with E-state index in [0.717, 1.165) is 29.1 Å². The van der Waals surface area contributed by atoms with Crippen LogP contribution < -0.4 is 11.1 Å². The van der Waals surface area contributed by atoms with E-state index in [0.29, 0.717) is 11.4 Å². The van der Waals surface area contributed by atoms with Gasteiger partial charge in [0.25, 0.3) is 5.91 Å². The molecule has 110 valence electrons. The highest BCUT2D eigenvalue weighted by Gasteiger charge is 2.11. The van der Waals surface area contributed by atoms with Crippen molar-refractivity contribution in [3.63, 3.8) is 0 Å². The standard InChI is InChI=1S/C16H19N3OS/c1-3-6-12-9-11(10-15(17)18-12)16(20)19-13-7-4-5-8-14(13)21-2/h4-5,7-10H,3,6H2,1-2H3,(H2,17,18)(H,19,20). The molecular formula is C16H19N3OS. The SMILES string of the molecule is CCCc1cc(C(=O)Nc2ccccc2SC)cc(N)n1. The molecule has 21 heavy (non-hydrogen) atoms. The number of aromatic nitrogens is 1. The van der Waals surface area contributed by atoms with Gasteiger partial charge in [-0.25, -0.2) is 4.98 Å². The molecule has 4 nitrogen and oxygen atoms in total. The number of amides is 1. The van der Waals surface area contributed by atoms with E-state index >= 15 is 0 Å². The van der Waals surface area contributed by atoms with Gasteiger partial charge in [-0.05, 0) is 36.9 Å². The van der Waals surface area contributed by atoms with Crippen molar-refractivity contribution < 1.29 is 4.79 Å². The summed E-state index contributed by atoms with van der Waals surface area (Å²) in [6.07, 6.45) is 3.76. The van der Waals surface area contributed by atoms with Gasteiger partial charge < -0.3 is 11.1 Å². The zero-order valence-electron chi connectivity index (χ0n) is 12.2. The number of aryl methyl sites for hydroxylation is 1. The smallest absolute Gasteiger partial charge is 0.255 e. The Kier molecular flexibility index (Phi) is 5.22. The van der Waals surface area contributed by atoms with Crippen LogP contribution in [0.15, 0.2) is 41.3 Å². The molecule has 0 aliphatic rings. The lowest BCUT2D eigenvalue weighted by molar-refractivity contribution is 0.102. The minimum Gasteiger partial charge on any atom is -0.384 e. The molecule has 0 saturated heterocycles. The van der Waals surface area contributed by atoms with Crippen molar-refractivity contribution in [1.82, 2.24) is 4.98 Å². The first-order chi connectivity index (χ1) is 10.1. The number of para-hydroxylation sites is 1. The average molecular weight is 301 g/mol. The fourth-order valence-corrected chi connectivity index (χ4v) is 2.62. The molecule has 0 saturated carbocycles. The van der Waals surface area contributed by atoms with Crippen LogP contribution in [0.3, 0.4) is 0 Å². The molecule has 1 amide bonds. The van der Waals surface area contributed by atoms with Crippen molar-refractivity contribution >= 4 is 29.2 Å². The number of nitrogen functional groups attached to an aromatic ring is 1. The molecule has 0 aliphatic carbocycles. The van der Waals surface area contributed by atoms with Crippen LogP contribution >= 0.6 is 11.8 Å². The number of pyridine rings is 1. The molecule has 1 aromatic heterocycles. The number of carbonyl (C=O) groups excluding carboxylic acids is 1. The van der Waals surface area contributed by atoms with Crippen molar-refractivity contribution in [2.24, 2.45) is 0 Å². The zero-order chi connectivity index (χ0) is 15.2. The molecule has 0 aliphatic heterocycles. The third-order valence-electron chi connectivity index (χ3n) is 3.02. The van der Waals surface area contributed by atoms with E-state index in [9.17, 15) is 4.79 Å². The van der Waals surface area contributed by atoms with Crippen LogP contribution in [-0.2, 0) is 6.42 Å². The molecule has 1 aromatic carbocycles. The summed E-state index contributed by atoms with van der Waals surface area (Å²) in [6, 6.07) is 11.1. The maximum absolute atomic E-state index is 12.4. The molecule has 0 spiro atoms. The first-order valence-electron chi connectivity index (χ1n) is 6.85. The van der Waals surface area contributed by atoms with Crippen LogP contribution in [0.5, 0.6) is 0 Å². The number of rotatable bonds is 5. The lowest BCUT2D eigenvalue weighted by atomic mass is 10.1. The number of anilines is 2. The molecule has 2 rings (SSSR count). The van der Waals surface area contributed by atoms with E-state index in [-0.39, 0.29) is 5.91 Å². The minimum atomic E-state index is -0.164. The normalized spacial score (nSPS) is 10.4. The zero-order valence-corrected chi connectivity index (χ0v) is 13.0. The lowest BCUT2D eigenvalue weighted by Crippen LogP contribution is -2.14. The highest BCUT2D eigenvalue weighted by atomic mass is 32.2. The summed E-state index contributed by atoms with van der Waals surface area (Å²) in [7, 11) is 0. The highest BCUT2D eigenvalue weighted by molar-refractivity contribution is 7.98. The van der Waals surface area contributed by atoms with E-state index in [1.165, 1.54) is 0 Å². The van der Waals surface area contributed by atoms with Gasteiger partial charge >= 0.3 is 0 Å². The van der Waals surface area contributed by atoms with Gasteiger partial charge in [-0.3, -0.25) is 4.79 Å². The summed E-state index contributed by atoms with van der Waals surface area (Å²) in [5.74, 6) is 0.215. The van der Waals surface area contributed by atoms with Crippen LogP contribution in [0.4, 0.5) is 11.5 Å². The summed E-state index contributed by atoms with van der Waals surface area (Å²) in [5.41, 5.74) is 7.98. The van der Waals surface area contributed by atoms with Crippen LogP contribution in [0.25, 0.3) is 0 Å². The molecule has 2 aromatic rings. The van der Waals surface area contributed by atoms with Gasteiger partial charge in [-0.15, -0.1) is 11.8 Å². The van der Waals surface area contributed by atoms with E-state index < -0.39 is 0 Å². The fraction of sp³-hybridized carbons (Fsp3) is 0.250. The highest BCUT2D eigenvalue weighted by Crippen LogP contribution is 2.25. The monoisotopic (exact) mass is 301 g/mol. The molecule has 0 radical (unpaired) electrons. The lowest BCUT2D eigenvalue weighted by Gasteiger charge is -2.10. The summed E-state index contributed by atoms with van der Waals surface area (Å²) in [6.45, 7) is 2.07. The number of nitrogens with zero attached hydrogens (tertiary/aromatic N) is 1. The van der Waals surface area contributed by atoms with Crippen LogP contribution in [0.1, 0.15) is 29.4 Å². The predicted octanol–water partition coefficient (Wildman–Crippen LogP) is 3.59. The number of carbonyl (C=O) groups is 1. The Morgan fingerprint density at radius 2 is 2.10 bits per heavy atom. The maximum atomic E-state index is 12.4. The van der Waals surface area contributed by atoms with E-state index in [1.807, 2.05) is 30.5 Å². The Morgan fingerprint density at radius 1 is 1.33 bits per heavy atom. The summed E-state index contributed by atoms with van der Waals surface area (Å²) >= 11 is 1.60. The second kappa shape index (κ2) is 7.13. The summed E-state index contributed by atoms with van der Waals surface area (Å²) in [4.78, 5) is 17.7. The Balaban J connectivity index is 2.24. The molecule has 0 fully saturated rings. The third kappa shape index (κ3) is 3.98. The van der Waals surface area contributed by atoms with Gasteiger partial charge in [0.2, 0.25) is 0 Å². The molecule has 3 N–H and O–H groups in total.